The van der Waals surface area contributed by atoms with Gasteiger partial charge in [0.1, 0.15) is 19.3 Å². The van der Waals surface area contributed by atoms with E-state index in [1.165, 1.54) is 244 Å². The van der Waals surface area contributed by atoms with Crippen LogP contribution in [-0.2, 0) is 65.4 Å². The molecule has 101 heavy (non-hydrogen) atoms. The van der Waals surface area contributed by atoms with Crippen LogP contribution in [0.2, 0.25) is 0 Å². The van der Waals surface area contributed by atoms with Crippen LogP contribution in [0, 0.1) is 11.8 Å². The van der Waals surface area contributed by atoms with Gasteiger partial charge in [-0.05, 0) is 37.5 Å². The van der Waals surface area contributed by atoms with E-state index >= 15 is 0 Å². The summed E-state index contributed by atoms with van der Waals surface area (Å²) in [5.74, 6) is -0.576. The van der Waals surface area contributed by atoms with E-state index in [1.54, 1.807) is 0 Å². The molecule has 0 heterocycles. The van der Waals surface area contributed by atoms with Gasteiger partial charge >= 0.3 is 39.5 Å². The lowest BCUT2D eigenvalue weighted by Crippen LogP contribution is -2.30. The third-order valence-electron chi connectivity index (χ3n) is 19.9. The predicted octanol–water partition coefficient (Wildman–Crippen LogP) is 24.7. The summed E-state index contributed by atoms with van der Waals surface area (Å²) in [6.07, 6.45) is 63.9. The maximum Gasteiger partial charge on any atom is 0.472 e. The number of carbonyl (C=O) groups is 4. The third kappa shape index (κ3) is 73.4. The van der Waals surface area contributed by atoms with Gasteiger partial charge in [0.25, 0.3) is 0 Å². The van der Waals surface area contributed by atoms with Crippen molar-refractivity contribution in [2.45, 2.75) is 452 Å². The topological polar surface area (TPSA) is 237 Å². The average molecular weight is 1480 g/mol. The van der Waals surface area contributed by atoms with Crippen LogP contribution < -0.4 is 0 Å². The minimum atomic E-state index is -4.96. The van der Waals surface area contributed by atoms with Gasteiger partial charge in [0, 0.05) is 25.7 Å². The van der Waals surface area contributed by atoms with Crippen LogP contribution >= 0.6 is 15.6 Å². The normalized spacial score (nSPS) is 14.4. The van der Waals surface area contributed by atoms with Gasteiger partial charge in [-0.25, -0.2) is 9.13 Å². The van der Waals surface area contributed by atoms with Crippen molar-refractivity contribution in [1.29, 1.82) is 0 Å². The van der Waals surface area contributed by atoms with E-state index < -0.39 is 97.5 Å². The monoisotopic (exact) mass is 1480 g/mol. The SMILES string of the molecule is CCCCCCCCCCCCCCCCCCCCCCCC(=O)O[C@H](COC(=O)CCCCCCCCCCCCCCCCCC)COP(=O)(O)OC[C@@H](O)COP(=O)(O)OC[C@@H](COC(=O)CCCCCCCCC(C)CC)OC(=O)CCCCCCCCCCCCC(C)CC. The molecule has 600 valence electrons. The molecule has 0 aromatic heterocycles. The zero-order chi connectivity index (χ0) is 74.2. The van der Waals surface area contributed by atoms with Gasteiger partial charge in [-0.3, -0.25) is 37.3 Å². The van der Waals surface area contributed by atoms with Crippen molar-refractivity contribution in [3.8, 4) is 0 Å². The lowest BCUT2D eigenvalue weighted by molar-refractivity contribution is -0.161. The minimum absolute atomic E-state index is 0.106. The number of unbranched alkanes of at least 4 members (excludes halogenated alkanes) is 49. The van der Waals surface area contributed by atoms with Gasteiger partial charge < -0.3 is 33.8 Å². The van der Waals surface area contributed by atoms with Crippen LogP contribution in [0.15, 0.2) is 0 Å². The summed E-state index contributed by atoms with van der Waals surface area (Å²) in [6, 6.07) is 0. The fraction of sp³-hybridized carbons (Fsp3) is 0.951. The van der Waals surface area contributed by atoms with E-state index in [2.05, 4.69) is 41.5 Å². The number of rotatable bonds is 81. The highest BCUT2D eigenvalue weighted by Crippen LogP contribution is 2.45. The molecule has 0 aliphatic carbocycles. The first-order valence-corrected chi connectivity index (χ1v) is 45.6. The van der Waals surface area contributed by atoms with Crippen molar-refractivity contribution in [2.24, 2.45) is 11.8 Å². The smallest absolute Gasteiger partial charge is 0.462 e. The highest BCUT2D eigenvalue weighted by molar-refractivity contribution is 7.47. The number of phosphoric ester groups is 2. The van der Waals surface area contributed by atoms with Crippen LogP contribution in [0.1, 0.15) is 433 Å². The van der Waals surface area contributed by atoms with Gasteiger partial charge in [0.15, 0.2) is 12.2 Å². The molecule has 0 spiro atoms. The maximum absolute atomic E-state index is 13.1. The minimum Gasteiger partial charge on any atom is -0.462 e. The number of carbonyl (C=O) groups excluding carboxylic acids is 4. The molecule has 0 aliphatic rings. The number of hydrogen-bond acceptors (Lipinski definition) is 15. The molecule has 0 aromatic rings. The molecule has 0 aromatic carbocycles. The molecule has 0 bridgehead atoms. The van der Waals surface area contributed by atoms with E-state index in [4.69, 9.17) is 37.0 Å². The molecular formula is C82H160O17P2. The van der Waals surface area contributed by atoms with E-state index in [0.717, 1.165) is 108 Å². The summed E-state index contributed by atoms with van der Waals surface area (Å²) in [6.45, 7) is 9.62. The molecule has 0 saturated carbocycles. The molecule has 4 unspecified atom stereocenters. The molecular weight excluding hydrogens is 1320 g/mol. The second-order valence-electron chi connectivity index (χ2n) is 30.0. The third-order valence-corrected chi connectivity index (χ3v) is 21.8. The average Bonchev–Trinajstić information content (AvgIpc) is 0.942. The first-order valence-electron chi connectivity index (χ1n) is 42.6. The number of esters is 4. The van der Waals surface area contributed by atoms with Crippen LogP contribution in [-0.4, -0.2) is 96.7 Å². The zero-order valence-electron chi connectivity index (χ0n) is 66.2. The molecule has 0 fully saturated rings. The number of aliphatic hydroxyl groups excluding tert-OH is 1. The van der Waals surface area contributed by atoms with Gasteiger partial charge in [-0.1, -0.05) is 382 Å². The maximum atomic E-state index is 13.1. The summed E-state index contributed by atoms with van der Waals surface area (Å²) in [5.41, 5.74) is 0. The Balaban J connectivity index is 5.23. The second-order valence-corrected chi connectivity index (χ2v) is 32.9. The Morgan fingerprint density at radius 2 is 0.475 bits per heavy atom. The van der Waals surface area contributed by atoms with E-state index in [-0.39, 0.29) is 25.7 Å². The molecule has 0 saturated heterocycles. The first-order chi connectivity index (χ1) is 48.9. The zero-order valence-corrected chi connectivity index (χ0v) is 68.0. The number of hydrogen-bond donors (Lipinski definition) is 3. The van der Waals surface area contributed by atoms with Crippen molar-refractivity contribution in [1.82, 2.24) is 0 Å². The highest BCUT2D eigenvalue weighted by Gasteiger charge is 2.30. The van der Waals surface area contributed by atoms with Crippen molar-refractivity contribution in [3.63, 3.8) is 0 Å². The molecule has 0 amide bonds. The summed E-state index contributed by atoms with van der Waals surface area (Å²) in [4.78, 5) is 73.1. The van der Waals surface area contributed by atoms with E-state index in [0.29, 0.717) is 25.7 Å². The Kier molecular flexibility index (Phi) is 72.2. The summed E-state index contributed by atoms with van der Waals surface area (Å²) >= 11 is 0. The van der Waals surface area contributed by atoms with Crippen LogP contribution in [0.4, 0.5) is 0 Å². The van der Waals surface area contributed by atoms with Gasteiger partial charge in [0.2, 0.25) is 0 Å². The van der Waals surface area contributed by atoms with E-state index in [9.17, 15) is 43.2 Å². The fourth-order valence-corrected chi connectivity index (χ4v) is 14.2. The van der Waals surface area contributed by atoms with Crippen molar-refractivity contribution in [2.75, 3.05) is 39.6 Å². The van der Waals surface area contributed by atoms with Gasteiger partial charge in [-0.15, -0.1) is 0 Å². The Labute approximate surface area is 619 Å². The summed E-state index contributed by atoms with van der Waals surface area (Å²) in [7, 11) is -9.92. The molecule has 0 radical (unpaired) electrons. The Bertz CT molecular complexity index is 1950. The van der Waals surface area contributed by atoms with Crippen molar-refractivity contribution >= 4 is 39.5 Å². The molecule has 0 aliphatic heterocycles. The number of phosphoric acid groups is 2. The first kappa shape index (κ1) is 99.1. The van der Waals surface area contributed by atoms with Crippen molar-refractivity contribution < 1.29 is 80.2 Å². The highest BCUT2D eigenvalue weighted by atomic mass is 31.2. The largest absolute Gasteiger partial charge is 0.472 e. The predicted molar refractivity (Wildman–Crippen MR) is 414 cm³/mol. The Hall–Kier alpha value is -1.94. The Morgan fingerprint density at radius 3 is 0.703 bits per heavy atom. The molecule has 3 N–H and O–H groups in total. The number of aliphatic hydroxyl groups is 1. The van der Waals surface area contributed by atoms with Gasteiger partial charge in [0.05, 0.1) is 26.4 Å². The van der Waals surface area contributed by atoms with Crippen LogP contribution in [0.3, 0.4) is 0 Å². The fourth-order valence-electron chi connectivity index (χ4n) is 12.6. The second kappa shape index (κ2) is 73.6. The Morgan fingerprint density at radius 1 is 0.277 bits per heavy atom. The molecule has 7 atom stereocenters. The van der Waals surface area contributed by atoms with Crippen molar-refractivity contribution in [3.05, 3.63) is 0 Å². The standard InChI is InChI=1S/C82H160O17P2/c1-7-11-13-15-17-19-21-23-25-27-28-29-30-31-33-35-37-42-46-54-60-66-81(86)98-77(70-92-79(84)64-58-52-45-41-36-34-32-26-24-22-20-18-16-14-12-8-2)72-96-100(88,89)94-68-76(83)69-95-101(90,91)97-73-78(71-93-80(85)65-59-53-49-48-51-57-63-75(6)10-4)99-82(87)67-61-55-47-43-39-38-40-44-50-56-62-74(5)9-3/h74-78,83H,7-73H2,1-6H3,(H,88,89)(H,90,91)/t74?,75?,76-,77-,78-/m1/s1. The van der Waals surface area contributed by atoms with E-state index in [1.807, 2.05) is 0 Å². The van der Waals surface area contributed by atoms with Gasteiger partial charge in [-0.2, -0.15) is 0 Å². The van der Waals surface area contributed by atoms with Crippen LogP contribution in [0.5, 0.6) is 0 Å². The summed E-state index contributed by atoms with van der Waals surface area (Å²) < 4.78 is 68.7. The molecule has 17 nitrogen and oxygen atoms in total. The lowest BCUT2D eigenvalue weighted by atomic mass is 9.99. The molecule has 0 rings (SSSR count). The lowest BCUT2D eigenvalue weighted by Gasteiger charge is -2.21. The van der Waals surface area contributed by atoms with Crippen LogP contribution in [0.25, 0.3) is 0 Å². The summed E-state index contributed by atoms with van der Waals surface area (Å²) in [5, 5.41) is 10.6. The number of ether oxygens (including phenoxy) is 4. The molecule has 19 heteroatoms. The quantitative estimate of drug-likeness (QED) is 0.0222.